The number of fused-ring (bicyclic) bond motifs is 1. The smallest absolute Gasteiger partial charge is 0.272 e. The van der Waals surface area contributed by atoms with Gasteiger partial charge in [-0.2, -0.15) is 0 Å². The van der Waals surface area contributed by atoms with E-state index in [0.717, 1.165) is 4.47 Å². The van der Waals surface area contributed by atoms with Crippen LogP contribution in [0, 0.1) is 0 Å². The van der Waals surface area contributed by atoms with Gasteiger partial charge in [0.2, 0.25) is 0 Å². The molecule has 1 aliphatic rings. The van der Waals surface area contributed by atoms with Crippen molar-refractivity contribution in [2.75, 3.05) is 10.6 Å². The fraction of sp³-hybridized carbons (Fsp3) is 0. The molecule has 0 aromatic heterocycles. The minimum atomic E-state index is -0.397. The number of allylic oxidation sites excluding steroid dienone is 1. The number of nitrogens with one attached hydrogen (secondary N) is 2. The molecule has 0 saturated carbocycles. The predicted molar refractivity (Wildman–Crippen MR) is 102 cm³/mol. The lowest BCUT2D eigenvalue weighted by atomic mass is 10.1. The second-order valence-electron chi connectivity index (χ2n) is 4.98. The molecule has 1 aliphatic heterocycles. The second-order valence-corrected chi connectivity index (χ2v) is 7.60. The van der Waals surface area contributed by atoms with Crippen molar-refractivity contribution in [1.82, 2.24) is 0 Å². The molecule has 24 heavy (non-hydrogen) atoms. The van der Waals surface area contributed by atoms with Crippen LogP contribution in [0.3, 0.4) is 0 Å². The second kappa shape index (κ2) is 6.70. The number of hydrogen-bond donors (Lipinski definition) is 3. The van der Waals surface area contributed by atoms with Gasteiger partial charge in [-0.3, -0.25) is 9.59 Å². The van der Waals surface area contributed by atoms with Crippen LogP contribution in [0.1, 0.15) is 10.4 Å². The van der Waals surface area contributed by atoms with E-state index in [4.69, 9.17) is 0 Å². The van der Waals surface area contributed by atoms with E-state index in [1.165, 1.54) is 18.2 Å². The van der Waals surface area contributed by atoms with Crippen molar-refractivity contribution in [3.8, 4) is 5.75 Å². The molecule has 0 atom stereocenters. The molecule has 0 fully saturated rings. The molecule has 5 nitrogen and oxygen atoms in total. The summed E-state index contributed by atoms with van der Waals surface area (Å²) in [6.45, 7) is 0. The van der Waals surface area contributed by atoms with Crippen LogP contribution < -0.4 is 10.6 Å². The molecular formula is C16H9Br3N2O3. The molecule has 0 saturated heterocycles. The Labute approximate surface area is 162 Å². The number of hydrogen-bond acceptors (Lipinski definition) is 4. The number of halogens is 3. The number of rotatable bonds is 2. The zero-order valence-electron chi connectivity index (χ0n) is 11.9. The van der Waals surface area contributed by atoms with Gasteiger partial charge in [-0.1, -0.05) is 15.9 Å². The number of ketones is 1. The SMILES string of the molecule is O=C1Nc2cc(Br)ccc2N/C1=C\C(=O)c1cc(Br)c(O)c(Br)c1. The first-order valence-electron chi connectivity index (χ1n) is 6.67. The van der Waals surface area contributed by atoms with E-state index in [9.17, 15) is 14.7 Å². The lowest BCUT2D eigenvalue weighted by Crippen LogP contribution is -2.26. The van der Waals surface area contributed by atoms with Gasteiger partial charge in [0, 0.05) is 16.1 Å². The summed E-state index contributed by atoms with van der Waals surface area (Å²) in [4.78, 5) is 24.6. The third kappa shape index (κ3) is 3.40. The minimum absolute atomic E-state index is 0.00671. The highest BCUT2D eigenvalue weighted by atomic mass is 79.9. The molecule has 8 heteroatoms. The molecule has 0 bridgehead atoms. The summed E-state index contributed by atoms with van der Waals surface area (Å²) in [6.07, 6.45) is 1.23. The van der Waals surface area contributed by atoms with Crippen molar-refractivity contribution >= 4 is 70.9 Å². The van der Waals surface area contributed by atoms with Gasteiger partial charge in [-0.15, -0.1) is 0 Å². The predicted octanol–water partition coefficient (Wildman–Crippen LogP) is 4.81. The molecule has 0 radical (unpaired) electrons. The monoisotopic (exact) mass is 514 g/mol. The Balaban J connectivity index is 1.92. The van der Waals surface area contributed by atoms with E-state index in [1.54, 1.807) is 12.1 Å². The van der Waals surface area contributed by atoms with Gasteiger partial charge in [0.05, 0.1) is 20.3 Å². The summed E-state index contributed by atoms with van der Waals surface area (Å²) in [5.41, 5.74) is 1.81. The summed E-state index contributed by atoms with van der Waals surface area (Å²) in [6, 6.07) is 8.38. The van der Waals surface area contributed by atoms with Crippen LogP contribution in [0.25, 0.3) is 0 Å². The van der Waals surface area contributed by atoms with E-state index in [-0.39, 0.29) is 17.2 Å². The lowest BCUT2D eigenvalue weighted by Gasteiger charge is -2.21. The maximum atomic E-state index is 12.4. The first kappa shape index (κ1) is 17.2. The first-order valence-corrected chi connectivity index (χ1v) is 9.05. The minimum Gasteiger partial charge on any atom is -0.506 e. The molecule has 0 aliphatic carbocycles. The molecule has 2 aromatic carbocycles. The van der Waals surface area contributed by atoms with Gasteiger partial charge in [0.1, 0.15) is 11.4 Å². The number of phenolic OH excluding ortho intramolecular Hbond substituents is 1. The van der Waals surface area contributed by atoms with Gasteiger partial charge in [-0.25, -0.2) is 0 Å². The third-order valence-corrected chi connectivity index (χ3v) is 5.02. The van der Waals surface area contributed by atoms with Gasteiger partial charge >= 0.3 is 0 Å². The van der Waals surface area contributed by atoms with Crippen molar-refractivity contribution in [3.05, 3.63) is 61.1 Å². The largest absolute Gasteiger partial charge is 0.506 e. The molecular weight excluding hydrogens is 508 g/mol. The van der Waals surface area contributed by atoms with Crippen molar-refractivity contribution in [3.63, 3.8) is 0 Å². The molecule has 3 rings (SSSR count). The van der Waals surface area contributed by atoms with E-state index in [1.807, 2.05) is 6.07 Å². The Bertz CT molecular complexity index is 886. The summed E-state index contributed by atoms with van der Waals surface area (Å²) in [7, 11) is 0. The zero-order chi connectivity index (χ0) is 17.4. The van der Waals surface area contributed by atoms with Gasteiger partial charge in [0.15, 0.2) is 5.78 Å². The topological polar surface area (TPSA) is 78.4 Å². The van der Waals surface area contributed by atoms with E-state index < -0.39 is 5.91 Å². The summed E-state index contributed by atoms with van der Waals surface area (Å²) < 4.78 is 1.61. The van der Waals surface area contributed by atoms with Crippen LogP contribution in [0.4, 0.5) is 11.4 Å². The number of benzene rings is 2. The van der Waals surface area contributed by atoms with Gasteiger partial charge < -0.3 is 15.7 Å². The Kier molecular flexibility index (Phi) is 4.80. The van der Waals surface area contributed by atoms with Gasteiger partial charge in [0.25, 0.3) is 5.91 Å². The molecule has 3 N–H and O–H groups in total. The third-order valence-electron chi connectivity index (χ3n) is 3.32. The first-order chi connectivity index (χ1) is 11.3. The number of anilines is 2. The van der Waals surface area contributed by atoms with Crippen molar-refractivity contribution in [2.45, 2.75) is 0 Å². The van der Waals surface area contributed by atoms with Crippen LogP contribution in [0.2, 0.25) is 0 Å². The highest BCUT2D eigenvalue weighted by Gasteiger charge is 2.21. The van der Waals surface area contributed by atoms with Crippen molar-refractivity contribution < 1.29 is 14.7 Å². The Morgan fingerprint density at radius 2 is 1.67 bits per heavy atom. The zero-order valence-corrected chi connectivity index (χ0v) is 16.6. The normalized spacial score (nSPS) is 14.8. The lowest BCUT2D eigenvalue weighted by molar-refractivity contribution is -0.112. The van der Waals surface area contributed by atoms with Crippen LogP contribution in [-0.2, 0) is 4.79 Å². The maximum Gasteiger partial charge on any atom is 0.272 e. The average Bonchev–Trinajstić information content (AvgIpc) is 2.53. The quantitative estimate of drug-likeness (QED) is 0.395. The standard InChI is InChI=1S/C16H9Br3N2O3/c17-8-1-2-11-12(5-8)21-16(24)13(20-11)6-14(22)7-3-9(18)15(23)10(19)4-7/h1-6,20,23H,(H,21,24)/b13-6-. The number of phenols is 1. The molecule has 1 amide bonds. The van der Waals surface area contributed by atoms with Crippen LogP contribution in [0.5, 0.6) is 5.75 Å². The summed E-state index contributed by atoms with van der Waals surface area (Å²) in [5.74, 6) is -0.757. The average molecular weight is 517 g/mol. The van der Waals surface area contributed by atoms with E-state index >= 15 is 0 Å². The summed E-state index contributed by atoms with van der Waals surface area (Å²) >= 11 is 9.69. The maximum absolute atomic E-state index is 12.4. The fourth-order valence-electron chi connectivity index (χ4n) is 2.14. The molecule has 122 valence electrons. The Morgan fingerprint density at radius 1 is 1.00 bits per heavy atom. The number of carbonyl (C=O) groups is 2. The number of carbonyl (C=O) groups excluding carboxylic acids is 2. The van der Waals surface area contributed by atoms with E-state index in [2.05, 4.69) is 58.4 Å². The Morgan fingerprint density at radius 3 is 2.33 bits per heavy atom. The summed E-state index contributed by atoms with van der Waals surface area (Å²) in [5, 5.41) is 15.4. The fourth-order valence-corrected chi connectivity index (χ4v) is 3.69. The molecule has 2 aromatic rings. The van der Waals surface area contributed by atoms with Crippen LogP contribution in [-0.4, -0.2) is 16.8 Å². The number of amides is 1. The van der Waals surface area contributed by atoms with Gasteiger partial charge in [-0.05, 0) is 62.2 Å². The molecule has 0 unspecified atom stereocenters. The Hall–Kier alpha value is -1.64. The molecule has 0 spiro atoms. The highest BCUT2D eigenvalue weighted by Crippen LogP contribution is 2.34. The van der Waals surface area contributed by atoms with Crippen LogP contribution in [0.15, 0.2) is 55.5 Å². The number of aromatic hydroxyl groups is 1. The van der Waals surface area contributed by atoms with Crippen molar-refractivity contribution in [1.29, 1.82) is 0 Å². The molecule has 1 heterocycles. The van der Waals surface area contributed by atoms with Crippen molar-refractivity contribution in [2.24, 2.45) is 0 Å². The highest BCUT2D eigenvalue weighted by molar-refractivity contribution is 9.11. The van der Waals surface area contributed by atoms with Crippen LogP contribution >= 0.6 is 47.8 Å². The van der Waals surface area contributed by atoms with E-state index in [0.29, 0.717) is 25.9 Å².